The Bertz CT molecular complexity index is 650. The van der Waals surface area contributed by atoms with Gasteiger partial charge in [0.15, 0.2) is 0 Å². The number of anilines is 1. The third-order valence-corrected chi connectivity index (χ3v) is 5.10. The summed E-state index contributed by atoms with van der Waals surface area (Å²) in [5.74, 6) is 1.81. The van der Waals surface area contributed by atoms with Crippen LogP contribution >= 0.6 is 39.3 Å². The lowest BCUT2D eigenvalue weighted by molar-refractivity contribution is 0.259. The molecular formula is C15H13BrClNOS. The van der Waals surface area contributed by atoms with Gasteiger partial charge in [-0.05, 0) is 42.0 Å². The number of benzene rings is 2. The smallest absolute Gasteiger partial charge is 0.123 e. The van der Waals surface area contributed by atoms with E-state index in [0.29, 0.717) is 0 Å². The highest BCUT2D eigenvalue weighted by Gasteiger charge is 2.23. The highest BCUT2D eigenvalue weighted by molar-refractivity contribution is 9.10. The van der Waals surface area contributed by atoms with Crippen LogP contribution in [0.2, 0.25) is 5.02 Å². The number of fused-ring (bicyclic) bond motifs is 1. The minimum atomic E-state index is 0.173. The Morgan fingerprint density at radius 2 is 2.15 bits per heavy atom. The maximum Gasteiger partial charge on any atom is 0.123 e. The van der Waals surface area contributed by atoms with Gasteiger partial charge in [-0.2, -0.15) is 0 Å². The molecule has 20 heavy (non-hydrogen) atoms. The van der Waals surface area contributed by atoms with Crippen LogP contribution < -0.4 is 10.5 Å². The predicted molar refractivity (Wildman–Crippen MR) is 88.9 cm³/mol. The van der Waals surface area contributed by atoms with Gasteiger partial charge < -0.3 is 10.5 Å². The molecule has 0 saturated heterocycles. The fourth-order valence-corrected chi connectivity index (χ4v) is 3.90. The van der Waals surface area contributed by atoms with Crippen molar-refractivity contribution in [3.63, 3.8) is 0 Å². The van der Waals surface area contributed by atoms with Gasteiger partial charge in [-0.25, -0.2) is 0 Å². The number of halogens is 2. The van der Waals surface area contributed by atoms with Crippen molar-refractivity contribution >= 4 is 45.0 Å². The van der Waals surface area contributed by atoms with Crippen LogP contribution in [0.4, 0.5) is 5.69 Å². The average molecular weight is 371 g/mol. The molecule has 0 spiro atoms. The third-order valence-electron chi connectivity index (χ3n) is 3.16. The molecule has 0 fully saturated rings. The van der Waals surface area contributed by atoms with E-state index in [0.717, 1.165) is 38.0 Å². The first kappa shape index (κ1) is 14.1. The molecule has 5 heteroatoms. The first-order chi connectivity index (χ1) is 9.61. The van der Waals surface area contributed by atoms with Crippen LogP contribution in [-0.2, 0) is 6.42 Å². The first-order valence-electron chi connectivity index (χ1n) is 6.25. The van der Waals surface area contributed by atoms with Crippen molar-refractivity contribution < 1.29 is 4.74 Å². The molecule has 0 radical (unpaired) electrons. The van der Waals surface area contributed by atoms with Crippen molar-refractivity contribution in [2.75, 3.05) is 11.5 Å². The maximum atomic E-state index is 6.00. The summed E-state index contributed by atoms with van der Waals surface area (Å²) in [4.78, 5) is 1.08. The van der Waals surface area contributed by atoms with Gasteiger partial charge in [0.25, 0.3) is 0 Å². The Morgan fingerprint density at radius 1 is 1.30 bits per heavy atom. The molecule has 2 aromatic carbocycles. The Hall–Kier alpha value is -0.840. The lowest BCUT2D eigenvalue weighted by Gasteiger charge is -2.11. The van der Waals surface area contributed by atoms with E-state index in [1.807, 2.05) is 36.4 Å². The largest absolute Gasteiger partial charge is 0.489 e. The van der Waals surface area contributed by atoms with Crippen LogP contribution in [0, 0.1) is 0 Å². The second-order valence-electron chi connectivity index (χ2n) is 4.69. The molecule has 104 valence electrons. The number of hydrogen-bond acceptors (Lipinski definition) is 3. The zero-order valence-corrected chi connectivity index (χ0v) is 13.8. The van der Waals surface area contributed by atoms with Crippen molar-refractivity contribution in [3.8, 4) is 5.75 Å². The van der Waals surface area contributed by atoms with Crippen LogP contribution in [0.5, 0.6) is 5.75 Å². The van der Waals surface area contributed by atoms with Gasteiger partial charge in [0.2, 0.25) is 0 Å². The molecule has 1 unspecified atom stereocenters. The molecule has 2 N–H and O–H groups in total. The van der Waals surface area contributed by atoms with Gasteiger partial charge in [-0.1, -0.05) is 27.5 Å². The fraction of sp³-hybridized carbons (Fsp3) is 0.200. The van der Waals surface area contributed by atoms with E-state index in [-0.39, 0.29) is 6.10 Å². The summed E-state index contributed by atoms with van der Waals surface area (Å²) in [5.41, 5.74) is 7.97. The highest BCUT2D eigenvalue weighted by Crippen LogP contribution is 2.35. The number of rotatable bonds is 3. The van der Waals surface area contributed by atoms with Crippen LogP contribution in [0.25, 0.3) is 0 Å². The van der Waals surface area contributed by atoms with E-state index in [9.17, 15) is 0 Å². The van der Waals surface area contributed by atoms with E-state index in [1.165, 1.54) is 5.56 Å². The van der Waals surface area contributed by atoms with Crippen LogP contribution in [-0.4, -0.2) is 11.9 Å². The summed E-state index contributed by atoms with van der Waals surface area (Å²) in [7, 11) is 0. The zero-order chi connectivity index (χ0) is 14.1. The molecule has 0 bridgehead atoms. The van der Waals surface area contributed by atoms with Crippen molar-refractivity contribution in [2.24, 2.45) is 0 Å². The lowest BCUT2D eigenvalue weighted by Crippen LogP contribution is -2.15. The molecule has 1 aliphatic heterocycles. The molecule has 0 aliphatic carbocycles. The van der Waals surface area contributed by atoms with Crippen molar-refractivity contribution in [3.05, 3.63) is 51.5 Å². The zero-order valence-electron chi connectivity index (χ0n) is 10.6. The molecule has 3 rings (SSSR count). The first-order valence-corrected chi connectivity index (χ1v) is 8.40. The fourth-order valence-electron chi connectivity index (χ4n) is 2.20. The molecule has 2 aromatic rings. The van der Waals surface area contributed by atoms with Gasteiger partial charge in [0.1, 0.15) is 11.9 Å². The van der Waals surface area contributed by atoms with Crippen LogP contribution in [0.1, 0.15) is 5.56 Å². The maximum absolute atomic E-state index is 6.00. The summed E-state index contributed by atoms with van der Waals surface area (Å²) >= 11 is 11.2. The van der Waals surface area contributed by atoms with Crippen molar-refractivity contribution in [2.45, 2.75) is 17.4 Å². The number of thioether (sulfide) groups is 1. The topological polar surface area (TPSA) is 35.2 Å². The number of ether oxygens (including phenoxy) is 1. The average Bonchev–Trinajstić information content (AvgIpc) is 2.81. The lowest BCUT2D eigenvalue weighted by atomic mass is 10.1. The molecule has 1 heterocycles. The number of nitrogens with two attached hydrogens (primary N) is 1. The number of nitrogen functional groups attached to an aromatic ring is 1. The summed E-state index contributed by atoms with van der Waals surface area (Å²) < 4.78 is 6.96. The normalized spacial score (nSPS) is 16.8. The second-order valence-corrected chi connectivity index (χ2v) is 7.10. The third kappa shape index (κ3) is 3.08. The summed E-state index contributed by atoms with van der Waals surface area (Å²) in [6, 6.07) is 11.7. The van der Waals surface area contributed by atoms with Gasteiger partial charge >= 0.3 is 0 Å². The Kier molecular flexibility index (Phi) is 4.15. The van der Waals surface area contributed by atoms with Gasteiger partial charge in [-0.3, -0.25) is 0 Å². The van der Waals surface area contributed by atoms with E-state index >= 15 is 0 Å². The van der Waals surface area contributed by atoms with E-state index in [4.69, 9.17) is 22.1 Å². The quantitative estimate of drug-likeness (QED) is 0.624. The van der Waals surface area contributed by atoms with Crippen molar-refractivity contribution in [1.29, 1.82) is 0 Å². The minimum Gasteiger partial charge on any atom is -0.489 e. The summed E-state index contributed by atoms with van der Waals surface area (Å²) in [6.45, 7) is 0. The molecule has 0 amide bonds. The molecule has 0 aromatic heterocycles. The predicted octanol–water partition coefficient (Wildman–Crippen LogP) is 4.78. The molecule has 0 saturated carbocycles. The van der Waals surface area contributed by atoms with E-state index in [2.05, 4.69) is 15.9 Å². The summed E-state index contributed by atoms with van der Waals surface area (Å²) in [5, 5.41) is 0.761. The van der Waals surface area contributed by atoms with Crippen LogP contribution in [0.3, 0.4) is 0 Å². The second kappa shape index (κ2) is 5.88. The van der Waals surface area contributed by atoms with Gasteiger partial charge in [0.05, 0.1) is 0 Å². The molecule has 1 atom stereocenters. The monoisotopic (exact) mass is 369 g/mol. The van der Waals surface area contributed by atoms with E-state index in [1.54, 1.807) is 11.8 Å². The standard InChI is InChI=1S/C15H13BrClNOS/c16-10-1-3-13(18)15(7-10)20-8-12-6-9-5-11(17)2-4-14(9)19-12/h1-5,7,12H,6,8,18H2. The molecule has 1 aliphatic rings. The SMILES string of the molecule is Nc1ccc(Br)cc1SCC1Cc2cc(Cl)ccc2O1. The van der Waals surface area contributed by atoms with Crippen molar-refractivity contribution in [1.82, 2.24) is 0 Å². The van der Waals surface area contributed by atoms with Gasteiger partial charge in [-0.15, -0.1) is 11.8 Å². The number of hydrogen-bond donors (Lipinski definition) is 1. The molecule has 2 nitrogen and oxygen atoms in total. The Morgan fingerprint density at radius 3 is 3.00 bits per heavy atom. The van der Waals surface area contributed by atoms with Gasteiger partial charge in [0, 0.05) is 32.3 Å². The Labute approximate surface area is 135 Å². The molecular weight excluding hydrogens is 358 g/mol. The minimum absolute atomic E-state index is 0.173. The Balaban J connectivity index is 1.65. The highest BCUT2D eigenvalue weighted by atomic mass is 79.9. The summed E-state index contributed by atoms with van der Waals surface area (Å²) in [6.07, 6.45) is 1.07. The van der Waals surface area contributed by atoms with E-state index < -0.39 is 0 Å². The van der Waals surface area contributed by atoms with Crippen LogP contribution in [0.15, 0.2) is 45.8 Å².